The fraction of sp³-hybridized carbons (Fsp3) is 0.158. The molecule has 3 rings (SSSR count). The van der Waals surface area contributed by atoms with Crippen LogP contribution in [-0.4, -0.2) is 27.4 Å². The van der Waals surface area contributed by atoms with Crippen LogP contribution in [0, 0.1) is 6.92 Å². The first-order chi connectivity index (χ1) is 11.5. The highest BCUT2D eigenvalue weighted by Gasteiger charge is 2.10. The van der Waals surface area contributed by atoms with Gasteiger partial charge in [0.2, 0.25) is 0 Å². The van der Waals surface area contributed by atoms with Crippen molar-refractivity contribution in [3.8, 4) is 5.88 Å². The number of nitrogens with zero attached hydrogens (tertiary/aromatic N) is 1. The minimum Gasteiger partial charge on any atom is -0.494 e. The van der Waals surface area contributed by atoms with Crippen LogP contribution >= 0.6 is 0 Å². The van der Waals surface area contributed by atoms with Crippen molar-refractivity contribution >= 4 is 28.8 Å². The fourth-order valence-electron chi connectivity index (χ4n) is 2.75. The Bertz CT molecular complexity index is 926. The van der Waals surface area contributed by atoms with Gasteiger partial charge < -0.3 is 15.2 Å². The van der Waals surface area contributed by atoms with E-state index >= 15 is 0 Å². The van der Waals surface area contributed by atoms with E-state index < -0.39 is 5.97 Å². The molecule has 0 spiro atoms. The lowest BCUT2D eigenvalue weighted by atomic mass is 10.1. The van der Waals surface area contributed by atoms with E-state index in [0.29, 0.717) is 12.0 Å². The Morgan fingerprint density at radius 2 is 2.04 bits per heavy atom. The number of aliphatic imine (C=N–C) groups is 1. The Balaban J connectivity index is 1.90. The first kappa shape index (κ1) is 15.8. The number of aromatic hydroxyl groups is 1. The first-order valence-corrected chi connectivity index (χ1v) is 7.69. The summed E-state index contributed by atoms with van der Waals surface area (Å²) in [5.74, 6) is -0.729. The number of carboxylic acid groups (broad SMARTS) is 1. The predicted octanol–water partition coefficient (Wildman–Crippen LogP) is 3.95. The lowest BCUT2D eigenvalue weighted by molar-refractivity contribution is -0.136. The Hall–Kier alpha value is -3.08. The third kappa shape index (κ3) is 3.30. The summed E-state index contributed by atoms with van der Waals surface area (Å²) >= 11 is 0. The molecule has 3 aromatic rings. The highest BCUT2D eigenvalue weighted by Crippen LogP contribution is 2.29. The van der Waals surface area contributed by atoms with Crippen molar-refractivity contribution < 1.29 is 15.0 Å². The van der Waals surface area contributed by atoms with Gasteiger partial charge in [-0.15, -0.1) is 0 Å². The van der Waals surface area contributed by atoms with Gasteiger partial charge in [-0.25, -0.2) is 0 Å². The molecule has 0 fully saturated rings. The number of carboxylic acids is 1. The summed E-state index contributed by atoms with van der Waals surface area (Å²) in [6, 6.07) is 13.3. The van der Waals surface area contributed by atoms with Crippen molar-refractivity contribution in [2.75, 3.05) is 0 Å². The van der Waals surface area contributed by atoms with Crippen molar-refractivity contribution in [1.82, 2.24) is 4.98 Å². The van der Waals surface area contributed by atoms with Gasteiger partial charge in [0.1, 0.15) is 0 Å². The Morgan fingerprint density at radius 3 is 2.83 bits per heavy atom. The van der Waals surface area contributed by atoms with E-state index in [4.69, 9.17) is 5.11 Å². The first-order valence-electron chi connectivity index (χ1n) is 7.69. The number of hydrogen-bond acceptors (Lipinski definition) is 3. The molecule has 122 valence electrons. The molecule has 5 nitrogen and oxygen atoms in total. The van der Waals surface area contributed by atoms with Gasteiger partial charge >= 0.3 is 5.97 Å². The summed E-state index contributed by atoms with van der Waals surface area (Å²) in [5.41, 5.74) is 4.22. The average molecular weight is 322 g/mol. The Labute approximate surface area is 139 Å². The van der Waals surface area contributed by atoms with Crippen molar-refractivity contribution in [2.24, 2.45) is 4.99 Å². The molecular weight excluding hydrogens is 304 g/mol. The molecule has 0 atom stereocenters. The van der Waals surface area contributed by atoms with Gasteiger partial charge in [0.05, 0.1) is 11.3 Å². The summed E-state index contributed by atoms with van der Waals surface area (Å²) < 4.78 is 0. The van der Waals surface area contributed by atoms with Crippen molar-refractivity contribution in [1.29, 1.82) is 0 Å². The number of H-pyrrole nitrogens is 1. The molecule has 0 saturated carbocycles. The van der Waals surface area contributed by atoms with Crippen LogP contribution < -0.4 is 0 Å². The van der Waals surface area contributed by atoms with Gasteiger partial charge in [0.15, 0.2) is 5.88 Å². The predicted molar refractivity (Wildman–Crippen MR) is 94.4 cm³/mol. The smallest absolute Gasteiger partial charge is 0.303 e. The van der Waals surface area contributed by atoms with Gasteiger partial charge in [0.25, 0.3) is 0 Å². The number of benzene rings is 2. The molecule has 1 heterocycles. The van der Waals surface area contributed by atoms with E-state index in [9.17, 15) is 9.90 Å². The fourth-order valence-corrected chi connectivity index (χ4v) is 2.75. The van der Waals surface area contributed by atoms with Crippen LogP contribution in [0.5, 0.6) is 5.88 Å². The topological polar surface area (TPSA) is 85.7 Å². The van der Waals surface area contributed by atoms with Gasteiger partial charge in [0, 0.05) is 23.5 Å². The summed E-state index contributed by atoms with van der Waals surface area (Å²) in [5, 5.41) is 19.8. The summed E-state index contributed by atoms with van der Waals surface area (Å²) in [6.45, 7) is 1.99. The second kappa shape index (κ2) is 6.58. The molecular formula is C19H18N2O3. The van der Waals surface area contributed by atoms with Gasteiger partial charge in [-0.3, -0.25) is 9.79 Å². The average Bonchev–Trinajstić information content (AvgIpc) is 2.88. The maximum Gasteiger partial charge on any atom is 0.303 e. The molecule has 0 aliphatic heterocycles. The zero-order valence-corrected chi connectivity index (χ0v) is 13.3. The number of aromatic nitrogens is 1. The number of aryl methyl sites for hydroxylation is 2. The maximum absolute atomic E-state index is 10.7. The number of nitrogens with one attached hydrogen (secondary N) is 1. The van der Waals surface area contributed by atoms with E-state index in [1.54, 1.807) is 6.21 Å². The molecule has 24 heavy (non-hydrogen) atoms. The van der Waals surface area contributed by atoms with E-state index in [2.05, 4.69) is 9.98 Å². The normalized spacial score (nSPS) is 11.4. The van der Waals surface area contributed by atoms with E-state index in [0.717, 1.165) is 27.7 Å². The van der Waals surface area contributed by atoms with Crippen LogP contribution in [0.15, 0.2) is 47.5 Å². The highest BCUT2D eigenvalue weighted by atomic mass is 16.4. The summed E-state index contributed by atoms with van der Waals surface area (Å²) in [4.78, 5) is 18.1. The quantitative estimate of drug-likeness (QED) is 0.622. The maximum atomic E-state index is 10.7. The molecule has 0 radical (unpaired) electrons. The molecule has 0 amide bonds. The second-order valence-electron chi connectivity index (χ2n) is 5.71. The largest absolute Gasteiger partial charge is 0.494 e. The minimum atomic E-state index is -0.817. The molecule has 5 heteroatoms. The van der Waals surface area contributed by atoms with Crippen LogP contribution in [0.2, 0.25) is 0 Å². The molecule has 0 unspecified atom stereocenters. The van der Waals surface area contributed by atoms with Gasteiger partial charge in [-0.2, -0.15) is 0 Å². The molecule has 0 aliphatic carbocycles. The lowest BCUT2D eigenvalue weighted by Gasteiger charge is -2.01. The Morgan fingerprint density at radius 1 is 1.25 bits per heavy atom. The van der Waals surface area contributed by atoms with E-state index in [1.165, 1.54) is 0 Å². The van der Waals surface area contributed by atoms with Crippen LogP contribution in [0.1, 0.15) is 23.1 Å². The van der Waals surface area contributed by atoms with Crippen molar-refractivity contribution in [3.63, 3.8) is 0 Å². The zero-order chi connectivity index (χ0) is 17.1. The lowest BCUT2D eigenvalue weighted by Crippen LogP contribution is -1.96. The third-order valence-electron chi connectivity index (χ3n) is 3.93. The standard InChI is InChI=1S/C19H18N2O3/c1-12-4-2-7-16-18(12)15(19(24)21-16)11-20-14-6-3-5-13(10-14)8-9-17(22)23/h2-7,10-11,21,24H,8-9H2,1H3,(H,22,23). The molecule has 1 aromatic heterocycles. The molecule has 0 aliphatic rings. The number of aromatic amines is 1. The summed E-state index contributed by atoms with van der Waals surface area (Å²) in [6.07, 6.45) is 2.20. The van der Waals surface area contributed by atoms with Crippen LogP contribution in [0.3, 0.4) is 0 Å². The number of hydrogen-bond donors (Lipinski definition) is 3. The van der Waals surface area contributed by atoms with E-state index in [-0.39, 0.29) is 12.3 Å². The molecule has 2 aromatic carbocycles. The van der Waals surface area contributed by atoms with Gasteiger partial charge in [-0.05, 0) is 42.7 Å². The monoisotopic (exact) mass is 322 g/mol. The summed E-state index contributed by atoms with van der Waals surface area (Å²) in [7, 11) is 0. The molecule has 3 N–H and O–H groups in total. The molecule has 0 bridgehead atoms. The SMILES string of the molecule is Cc1cccc2[nH]c(O)c(C=Nc3cccc(CCC(=O)O)c3)c12. The number of aliphatic carboxylic acids is 1. The van der Waals surface area contributed by atoms with Crippen molar-refractivity contribution in [2.45, 2.75) is 19.8 Å². The number of carbonyl (C=O) groups is 1. The minimum absolute atomic E-state index is 0.0880. The Kier molecular flexibility index (Phi) is 4.33. The number of fused-ring (bicyclic) bond motifs is 1. The van der Waals surface area contributed by atoms with Crippen LogP contribution in [0.25, 0.3) is 10.9 Å². The number of rotatable bonds is 5. The van der Waals surface area contributed by atoms with Crippen LogP contribution in [-0.2, 0) is 11.2 Å². The second-order valence-corrected chi connectivity index (χ2v) is 5.71. The van der Waals surface area contributed by atoms with Crippen LogP contribution in [0.4, 0.5) is 5.69 Å². The zero-order valence-electron chi connectivity index (χ0n) is 13.3. The van der Waals surface area contributed by atoms with E-state index in [1.807, 2.05) is 49.4 Å². The molecule has 0 saturated heterocycles. The highest BCUT2D eigenvalue weighted by molar-refractivity contribution is 6.04. The third-order valence-corrected chi connectivity index (χ3v) is 3.93. The van der Waals surface area contributed by atoms with Gasteiger partial charge in [-0.1, -0.05) is 24.3 Å². The van der Waals surface area contributed by atoms with Crippen molar-refractivity contribution in [3.05, 3.63) is 59.2 Å².